The second kappa shape index (κ2) is 6.51. The summed E-state index contributed by atoms with van der Waals surface area (Å²) in [6.07, 6.45) is 3.81. The van der Waals surface area contributed by atoms with Gasteiger partial charge in [-0.25, -0.2) is 9.37 Å². The summed E-state index contributed by atoms with van der Waals surface area (Å²) < 4.78 is 14.1. The smallest absolute Gasteiger partial charge is 0.263 e. The molecule has 3 N–H and O–H groups in total. The van der Waals surface area contributed by atoms with Crippen LogP contribution in [0.3, 0.4) is 0 Å². The Kier molecular flexibility index (Phi) is 3.91. The number of pyridine rings is 1. The molecule has 2 saturated carbocycles. The number of Topliss-reactive ketones (excluding diaryl/α,β-unsaturated/α-hetero) is 1. The Bertz CT molecular complexity index is 1260. The Morgan fingerprint density at radius 2 is 2.00 bits per heavy atom. The molecule has 3 aliphatic rings. The number of halogens is 1. The molecule has 2 heterocycles. The monoisotopic (exact) mass is 430 g/mol. The van der Waals surface area contributed by atoms with E-state index in [2.05, 4.69) is 27.5 Å². The maximum absolute atomic E-state index is 14.1. The van der Waals surface area contributed by atoms with Gasteiger partial charge in [-0.2, -0.15) is 0 Å². The molecule has 0 radical (unpaired) electrons. The van der Waals surface area contributed by atoms with Crippen LogP contribution in [0.2, 0.25) is 0 Å². The first kappa shape index (κ1) is 19.2. The Morgan fingerprint density at radius 3 is 2.75 bits per heavy atom. The lowest BCUT2D eigenvalue weighted by molar-refractivity contribution is -0.122. The van der Waals surface area contributed by atoms with Crippen LogP contribution in [0.5, 0.6) is 0 Å². The first-order valence-corrected chi connectivity index (χ1v) is 10.9. The fourth-order valence-electron chi connectivity index (χ4n) is 4.77. The Labute approximate surface area is 184 Å². The number of nitrogens with one attached hydrogen (secondary N) is 3. The fraction of sp³-hybridized carbons (Fsp3) is 0.320. The summed E-state index contributed by atoms with van der Waals surface area (Å²) in [6.45, 7) is 2.16. The number of hydrogen-bond acceptors (Lipinski definition) is 4. The third-order valence-corrected chi connectivity index (χ3v) is 7.00. The number of aromatic nitrogens is 2. The van der Waals surface area contributed by atoms with Crippen LogP contribution in [-0.4, -0.2) is 27.3 Å². The quantitative estimate of drug-likeness (QED) is 0.530. The molecule has 162 valence electrons. The molecule has 0 spiro atoms. The van der Waals surface area contributed by atoms with Gasteiger partial charge in [0.05, 0.1) is 16.9 Å². The Morgan fingerprint density at radius 1 is 1.22 bits per heavy atom. The Balaban J connectivity index is 1.42. The summed E-state index contributed by atoms with van der Waals surface area (Å²) in [5.74, 6) is -0.124. The summed E-state index contributed by atoms with van der Waals surface area (Å²) in [4.78, 5) is 33.1. The maximum Gasteiger partial charge on any atom is 0.263 e. The first-order chi connectivity index (χ1) is 15.4. The minimum atomic E-state index is -1.77. The molecule has 3 aromatic rings. The van der Waals surface area contributed by atoms with Gasteiger partial charge >= 0.3 is 0 Å². The zero-order valence-corrected chi connectivity index (χ0v) is 17.7. The van der Waals surface area contributed by atoms with E-state index in [1.54, 1.807) is 12.3 Å². The third kappa shape index (κ3) is 3.03. The largest absolute Gasteiger partial charge is 0.356 e. The third-order valence-electron chi connectivity index (χ3n) is 7.00. The van der Waals surface area contributed by atoms with E-state index in [1.165, 1.54) is 0 Å². The molecule has 1 amide bonds. The lowest BCUT2D eigenvalue weighted by Crippen LogP contribution is -2.25. The number of alkyl halides is 1. The van der Waals surface area contributed by atoms with Gasteiger partial charge < -0.3 is 15.6 Å². The lowest BCUT2D eigenvalue weighted by atomic mass is 9.87. The SMILES string of the molecule is C[C@@]12Cc3[nH]c(-c4ccnc(NC(=O)C5(F)CC5)c4)c(Nc4ccccc4)c3C(=O)[C@@H]1C2. The van der Waals surface area contributed by atoms with Gasteiger partial charge in [-0.15, -0.1) is 0 Å². The average molecular weight is 430 g/mol. The summed E-state index contributed by atoms with van der Waals surface area (Å²) in [5.41, 5.74) is 3.05. The van der Waals surface area contributed by atoms with Gasteiger partial charge in [0.25, 0.3) is 5.91 Å². The van der Waals surface area contributed by atoms with Crippen LogP contribution in [0.4, 0.5) is 21.6 Å². The number of carbonyl (C=O) groups is 2. The average Bonchev–Trinajstić information content (AvgIpc) is 3.66. The van der Waals surface area contributed by atoms with Crippen LogP contribution in [0, 0.1) is 11.3 Å². The van der Waals surface area contributed by atoms with Crippen molar-refractivity contribution in [3.63, 3.8) is 0 Å². The molecule has 0 aliphatic heterocycles. The van der Waals surface area contributed by atoms with Crippen molar-refractivity contribution in [2.45, 2.75) is 38.3 Å². The van der Waals surface area contributed by atoms with E-state index in [9.17, 15) is 14.0 Å². The highest BCUT2D eigenvalue weighted by molar-refractivity contribution is 6.10. The van der Waals surface area contributed by atoms with Crippen molar-refractivity contribution < 1.29 is 14.0 Å². The van der Waals surface area contributed by atoms with Gasteiger partial charge in [-0.3, -0.25) is 9.59 Å². The van der Waals surface area contributed by atoms with Crippen LogP contribution < -0.4 is 10.6 Å². The van der Waals surface area contributed by atoms with Gasteiger partial charge in [0.15, 0.2) is 11.5 Å². The van der Waals surface area contributed by atoms with Crippen molar-refractivity contribution in [3.05, 3.63) is 59.9 Å². The summed E-state index contributed by atoms with van der Waals surface area (Å²) >= 11 is 0. The number of aromatic amines is 1. The number of carbonyl (C=O) groups excluding carboxylic acids is 2. The molecule has 6 nitrogen and oxygen atoms in total. The van der Waals surface area contributed by atoms with E-state index >= 15 is 0 Å². The molecule has 3 aliphatic carbocycles. The number of H-pyrrole nitrogens is 1. The first-order valence-electron chi connectivity index (χ1n) is 10.9. The molecule has 2 fully saturated rings. The highest BCUT2D eigenvalue weighted by Crippen LogP contribution is 2.60. The lowest BCUT2D eigenvalue weighted by Gasteiger charge is -2.18. The normalized spacial score (nSPS) is 24.3. The molecule has 2 aromatic heterocycles. The summed E-state index contributed by atoms with van der Waals surface area (Å²) in [6, 6.07) is 13.2. The number of hydrogen-bond donors (Lipinski definition) is 3. The van der Waals surface area contributed by atoms with E-state index in [-0.39, 0.29) is 35.8 Å². The number of para-hydroxylation sites is 1. The second-order valence-corrected chi connectivity index (χ2v) is 9.52. The molecule has 2 atom stereocenters. The molecule has 0 unspecified atom stereocenters. The predicted octanol–water partition coefficient (Wildman–Crippen LogP) is 5.03. The molecular formula is C25H23FN4O2. The number of fused-ring (bicyclic) bond motifs is 2. The van der Waals surface area contributed by atoms with Crippen LogP contribution >= 0.6 is 0 Å². The number of nitrogens with zero attached hydrogens (tertiary/aromatic N) is 1. The highest BCUT2D eigenvalue weighted by atomic mass is 19.1. The van der Waals surface area contributed by atoms with E-state index < -0.39 is 11.6 Å². The van der Waals surface area contributed by atoms with Gasteiger partial charge in [0.2, 0.25) is 0 Å². The number of anilines is 3. The summed E-state index contributed by atoms with van der Waals surface area (Å²) in [7, 11) is 0. The summed E-state index contributed by atoms with van der Waals surface area (Å²) in [5, 5.41) is 6.02. The van der Waals surface area contributed by atoms with Crippen molar-refractivity contribution in [1.29, 1.82) is 0 Å². The number of ketones is 1. The highest BCUT2D eigenvalue weighted by Gasteiger charge is 2.58. The van der Waals surface area contributed by atoms with Crippen molar-refractivity contribution >= 4 is 28.9 Å². The number of benzene rings is 1. The number of rotatable bonds is 5. The predicted molar refractivity (Wildman–Crippen MR) is 120 cm³/mol. The van der Waals surface area contributed by atoms with Crippen LogP contribution in [0.25, 0.3) is 11.3 Å². The van der Waals surface area contributed by atoms with E-state index in [0.29, 0.717) is 5.56 Å². The Hall–Kier alpha value is -3.48. The van der Waals surface area contributed by atoms with E-state index in [0.717, 1.165) is 41.2 Å². The van der Waals surface area contributed by atoms with Crippen LogP contribution in [0.1, 0.15) is 42.2 Å². The van der Waals surface area contributed by atoms with Gasteiger partial charge in [-0.05, 0) is 55.4 Å². The number of amides is 1. The zero-order chi connectivity index (χ0) is 22.1. The fourth-order valence-corrected chi connectivity index (χ4v) is 4.77. The molecule has 7 heteroatoms. The van der Waals surface area contributed by atoms with Crippen molar-refractivity contribution in [2.24, 2.45) is 11.3 Å². The minimum Gasteiger partial charge on any atom is -0.356 e. The minimum absolute atomic E-state index is 0.0350. The molecule has 0 saturated heterocycles. The van der Waals surface area contributed by atoms with Crippen molar-refractivity contribution in [1.82, 2.24) is 9.97 Å². The maximum atomic E-state index is 14.1. The van der Waals surface area contributed by atoms with Gasteiger partial charge in [-0.1, -0.05) is 25.1 Å². The molecular weight excluding hydrogens is 407 g/mol. The van der Waals surface area contributed by atoms with Crippen molar-refractivity contribution in [2.75, 3.05) is 10.6 Å². The van der Waals surface area contributed by atoms with Gasteiger partial charge in [0.1, 0.15) is 5.82 Å². The van der Waals surface area contributed by atoms with Crippen LogP contribution in [0.15, 0.2) is 48.7 Å². The molecule has 1 aromatic carbocycles. The molecule has 6 rings (SSSR count). The standard InChI is InChI=1S/C25H23FN4O2/c1-24-12-16(24)22(31)19-17(13-24)29-20(21(19)28-15-5-3-2-4-6-15)14-7-10-27-18(11-14)30-23(32)25(26)8-9-25/h2-7,10-11,16,28-29H,8-9,12-13H2,1H3,(H,27,30,32)/t16-,24+/m0/s1. The zero-order valence-electron chi connectivity index (χ0n) is 17.7. The van der Waals surface area contributed by atoms with E-state index in [1.807, 2.05) is 36.4 Å². The topological polar surface area (TPSA) is 86.9 Å². The molecule has 32 heavy (non-hydrogen) atoms. The van der Waals surface area contributed by atoms with Gasteiger partial charge in [0, 0.05) is 29.1 Å². The van der Waals surface area contributed by atoms with Crippen LogP contribution in [-0.2, 0) is 11.2 Å². The van der Waals surface area contributed by atoms with E-state index in [4.69, 9.17) is 0 Å². The van der Waals surface area contributed by atoms with Crippen molar-refractivity contribution in [3.8, 4) is 11.3 Å². The second-order valence-electron chi connectivity index (χ2n) is 9.52. The molecule has 0 bridgehead atoms.